The standard InChI is InChI=1S/C24H29N3O5/c1-14-8-9-17(15(2)23(14)31-3)22(28)20(32-16-6-4-5-7-16)13-27-12-19-21(26-27)18(24(29)30)10-11-25-19/h8-12,16,20,22,28H,4-7,13H2,1-3H3,(H,29,30)/t20-,22+/m0/s1. The first-order valence-electron chi connectivity index (χ1n) is 10.9. The Labute approximate surface area is 186 Å². The highest BCUT2D eigenvalue weighted by atomic mass is 16.5. The number of aryl methyl sites for hydroxylation is 1. The van der Waals surface area contributed by atoms with Gasteiger partial charge in [-0.3, -0.25) is 9.67 Å². The highest BCUT2D eigenvalue weighted by molar-refractivity contribution is 6.00. The topological polar surface area (TPSA) is 107 Å². The average Bonchev–Trinajstić information content (AvgIpc) is 3.42. The molecule has 0 radical (unpaired) electrons. The van der Waals surface area contributed by atoms with Crippen LogP contribution in [0.1, 0.15) is 58.8 Å². The zero-order chi connectivity index (χ0) is 22.8. The molecule has 3 aromatic rings. The molecule has 0 spiro atoms. The number of aliphatic hydroxyl groups excluding tert-OH is 1. The van der Waals surface area contributed by atoms with Crippen molar-refractivity contribution in [3.8, 4) is 5.75 Å². The van der Waals surface area contributed by atoms with Gasteiger partial charge in [0, 0.05) is 6.20 Å². The largest absolute Gasteiger partial charge is 0.496 e. The molecule has 1 saturated carbocycles. The van der Waals surface area contributed by atoms with Crippen molar-refractivity contribution >= 4 is 17.0 Å². The quantitative estimate of drug-likeness (QED) is 0.549. The van der Waals surface area contributed by atoms with Crippen molar-refractivity contribution in [3.63, 3.8) is 0 Å². The number of carbonyl (C=O) groups is 1. The van der Waals surface area contributed by atoms with Gasteiger partial charge in [-0.1, -0.05) is 25.0 Å². The van der Waals surface area contributed by atoms with Crippen molar-refractivity contribution in [3.05, 3.63) is 52.8 Å². The van der Waals surface area contributed by atoms with E-state index < -0.39 is 18.2 Å². The number of aliphatic hydroxyl groups is 1. The van der Waals surface area contributed by atoms with E-state index in [0.717, 1.165) is 48.1 Å². The highest BCUT2D eigenvalue weighted by Gasteiger charge is 2.30. The smallest absolute Gasteiger partial charge is 0.338 e. The molecule has 1 aliphatic carbocycles. The SMILES string of the molecule is COc1c(C)ccc([C@@H](O)[C@H](Cn2cc3nccc(C(=O)O)c3n2)OC2CCCC2)c1C. The van der Waals surface area contributed by atoms with Crippen molar-refractivity contribution in [2.45, 2.75) is 64.4 Å². The molecule has 2 aromatic heterocycles. The highest BCUT2D eigenvalue weighted by Crippen LogP contribution is 2.34. The summed E-state index contributed by atoms with van der Waals surface area (Å²) in [5.74, 6) is -0.301. The number of hydrogen-bond donors (Lipinski definition) is 2. The normalized spacial score (nSPS) is 16.4. The molecule has 2 N–H and O–H groups in total. The van der Waals surface area contributed by atoms with Gasteiger partial charge in [0.05, 0.1) is 31.5 Å². The molecule has 0 aliphatic heterocycles. The molecule has 8 heteroatoms. The van der Waals surface area contributed by atoms with Gasteiger partial charge in [0.25, 0.3) is 0 Å². The summed E-state index contributed by atoms with van der Waals surface area (Å²) in [6.07, 6.45) is 5.93. The third-order valence-corrected chi connectivity index (χ3v) is 6.24. The Morgan fingerprint density at radius 2 is 2.00 bits per heavy atom. The number of aromatic nitrogens is 3. The predicted molar refractivity (Wildman–Crippen MR) is 119 cm³/mol. The lowest BCUT2D eigenvalue weighted by Crippen LogP contribution is -2.31. The van der Waals surface area contributed by atoms with Gasteiger partial charge in [-0.05, 0) is 49.4 Å². The predicted octanol–water partition coefficient (Wildman–Crippen LogP) is 3.82. The van der Waals surface area contributed by atoms with Crippen LogP contribution in [0.15, 0.2) is 30.6 Å². The number of methoxy groups -OCH3 is 1. The average molecular weight is 440 g/mol. The molecule has 0 unspecified atom stereocenters. The van der Waals surface area contributed by atoms with E-state index in [0.29, 0.717) is 11.0 Å². The number of aromatic carboxylic acids is 1. The van der Waals surface area contributed by atoms with Gasteiger partial charge in [0.2, 0.25) is 0 Å². The van der Waals surface area contributed by atoms with E-state index in [1.165, 1.54) is 12.3 Å². The Kier molecular flexibility index (Phi) is 6.43. The van der Waals surface area contributed by atoms with Crippen molar-refractivity contribution in [2.75, 3.05) is 7.11 Å². The van der Waals surface area contributed by atoms with Gasteiger partial charge in [0.1, 0.15) is 29.0 Å². The molecule has 8 nitrogen and oxygen atoms in total. The number of ether oxygens (including phenoxy) is 2. The Hall–Kier alpha value is -2.97. The van der Waals surface area contributed by atoms with Crippen LogP contribution in [0.5, 0.6) is 5.75 Å². The second kappa shape index (κ2) is 9.26. The van der Waals surface area contributed by atoms with Crippen LogP contribution in [0.25, 0.3) is 11.0 Å². The summed E-state index contributed by atoms with van der Waals surface area (Å²) in [7, 11) is 1.63. The molecule has 1 aromatic carbocycles. The van der Waals surface area contributed by atoms with Gasteiger partial charge < -0.3 is 19.7 Å². The lowest BCUT2D eigenvalue weighted by molar-refractivity contribution is -0.0846. The van der Waals surface area contributed by atoms with Gasteiger partial charge in [0.15, 0.2) is 0 Å². The van der Waals surface area contributed by atoms with E-state index in [-0.39, 0.29) is 18.2 Å². The van der Waals surface area contributed by atoms with Crippen LogP contribution in [0.3, 0.4) is 0 Å². The first-order valence-corrected chi connectivity index (χ1v) is 10.9. The van der Waals surface area contributed by atoms with Crippen LogP contribution >= 0.6 is 0 Å². The van der Waals surface area contributed by atoms with Crippen LogP contribution in [-0.4, -0.2) is 50.3 Å². The number of carboxylic acids is 1. The van der Waals surface area contributed by atoms with E-state index >= 15 is 0 Å². The maximum absolute atomic E-state index is 11.5. The molecular weight excluding hydrogens is 410 g/mol. The summed E-state index contributed by atoms with van der Waals surface area (Å²) < 4.78 is 13.5. The van der Waals surface area contributed by atoms with E-state index in [1.54, 1.807) is 18.0 Å². The fraction of sp³-hybridized carbons (Fsp3) is 0.458. The van der Waals surface area contributed by atoms with E-state index in [4.69, 9.17) is 9.47 Å². The minimum atomic E-state index is -1.05. The Morgan fingerprint density at radius 1 is 1.25 bits per heavy atom. The number of benzene rings is 1. The number of fused-ring (bicyclic) bond motifs is 1. The minimum absolute atomic E-state index is 0.0833. The number of hydrogen-bond acceptors (Lipinski definition) is 6. The number of nitrogens with zero attached hydrogens (tertiary/aromatic N) is 3. The molecule has 2 atom stereocenters. The Balaban J connectivity index is 1.68. The Morgan fingerprint density at radius 3 is 2.69 bits per heavy atom. The molecule has 32 heavy (non-hydrogen) atoms. The maximum atomic E-state index is 11.5. The lowest BCUT2D eigenvalue weighted by Gasteiger charge is -2.28. The summed E-state index contributed by atoms with van der Waals surface area (Å²) in [4.78, 5) is 15.8. The number of rotatable bonds is 8. The summed E-state index contributed by atoms with van der Waals surface area (Å²) in [5.41, 5.74) is 3.54. The molecule has 4 rings (SSSR count). The maximum Gasteiger partial charge on any atom is 0.338 e. The van der Waals surface area contributed by atoms with Crippen LogP contribution < -0.4 is 4.74 Å². The number of carboxylic acid groups (broad SMARTS) is 1. The molecule has 0 saturated heterocycles. The van der Waals surface area contributed by atoms with Gasteiger partial charge >= 0.3 is 5.97 Å². The van der Waals surface area contributed by atoms with Crippen molar-refractivity contribution in [1.29, 1.82) is 0 Å². The van der Waals surface area contributed by atoms with E-state index in [2.05, 4.69) is 10.1 Å². The van der Waals surface area contributed by atoms with Gasteiger partial charge in [-0.15, -0.1) is 0 Å². The first kappa shape index (κ1) is 22.2. The third kappa shape index (κ3) is 4.33. The van der Waals surface area contributed by atoms with E-state index in [1.807, 2.05) is 26.0 Å². The monoisotopic (exact) mass is 439 g/mol. The first-order chi connectivity index (χ1) is 15.4. The number of pyridine rings is 1. The van der Waals surface area contributed by atoms with Gasteiger partial charge in [-0.25, -0.2) is 4.79 Å². The fourth-order valence-corrected chi connectivity index (χ4v) is 4.58. The zero-order valence-corrected chi connectivity index (χ0v) is 18.6. The molecule has 1 aliphatic rings. The third-order valence-electron chi connectivity index (χ3n) is 6.24. The Bertz CT molecular complexity index is 1120. The second-order valence-electron chi connectivity index (χ2n) is 8.40. The summed E-state index contributed by atoms with van der Waals surface area (Å²) in [6, 6.07) is 5.28. The van der Waals surface area contributed by atoms with Crippen molar-refractivity contribution in [2.24, 2.45) is 0 Å². The lowest BCUT2D eigenvalue weighted by atomic mass is 9.96. The molecule has 0 bridgehead atoms. The zero-order valence-electron chi connectivity index (χ0n) is 18.6. The molecule has 170 valence electrons. The van der Waals surface area contributed by atoms with Crippen molar-refractivity contribution < 1.29 is 24.5 Å². The van der Waals surface area contributed by atoms with Crippen LogP contribution in [0.4, 0.5) is 0 Å². The van der Waals surface area contributed by atoms with Gasteiger partial charge in [-0.2, -0.15) is 5.10 Å². The molecule has 2 heterocycles. The van der Waals surface area contributed by atoms with E-state index in [9.17, 15) is 15.0 Å². The molecule has 0 amide bonds. The fourth-order valence-electron chi connectivity index (χ4n) is 4.58. The molecular formula is C24H29N3O5. The second-order valence-corrected chi connectivity index (χ2v) is 8.40. The van der Waals surface area contributed by atoms with Crippen LogP contribution in [0, 0.1) is 13.8 Å². The van der Waals surface area contributed by atoms with Crippen LogP contribution in [0.2, 0.25) is 0 Å². The minimum Gasteiger partial charge on any atom is -0.496 e. The van der Waals surface area contributed by atoms with Crippen molar-refractivity contribution in [1.82, 2.24) is 14.8 Å². The summed E-state index contributed by atoms with van der Waals surface area (Å²) in [6.45, 7) is 4.17. The summed E-state index contributed by atoms with van der Waals surface area (Å²) >= 11 is 0. The molecule has 1 fully saturated rings. The van der Waals surface area contributed by atoms with Crippen LogP contribution in [-0.2, 0) is 11.3 Å². The summed E-state index contributed by atoms with van der Waals surface area (Å²) in [5, 5.41) is 25.3.